The molecule has 0 aliphatic heterocycles. The second-order valence-corrected chi connectivity index (χ2v) is 4.45. The third-order valence-corrected chi connectivity index (χ3v) is 2.60. The largest absolute Gasteiger partial charge is 0.506 e. The number of nitrogen functional groups attached to an aromatic ring is 1. The van der Waals surface area contributed by atoms with Crippen LogP contribution in [0.4, 0.5) is 5.69 Å². The van der Waals surface area contributed by atoms with Crippen LogP contribution in [0.25, 0.3) is 0 Å². The Balaban J connectivity index is 3.47. The number of hydrogen-bond acceptors (Lipinski definition) is 4. The molecule has 12 heavy (non-hydrogen) atoms. The summed E-state index contributed by atoms with van der Waals surface area (Å²) in [6, 6.07) is 4.12. The molecule has 0 fully saturated rings. The molecule has 0 bridgehead atoms. The second-order valence-electron chi connectivity index (χ2n) is 2.46. The van der Waals surface area contributed by atoms with Crippen LogP contribution in [-0.2, 0) is 9.84 Å². The zero-order valence-corrected chi connectivity index (χ0v) is 7.30. The molecule has 0 spiro atoms. The highest BCUT2D eigenvalue weighted by atomic mass is 32.2. The lowest BCUT2D eigenvalue weighted by Crippen LogP contribution is -2.01. The van der Waals surface area contributed by atoms with Crippen LogP contribution in [0.15, 0.2) is 23.1 Å². The molecule has 0 aliphatic rings. The average molecular weight is 187 g/mol. The van der Waals surface area contributed by atoms with Gasteiger partial charge in [0.1, 0.15) is 5.75 Å². The van der Waals surface area contributed by atoms with Crippen LogP contribution in [0.3, 0.4) is 0 Å². The number of anilines is 1. The lowest BCUT2D eigenvalue weighted by molar-refractivity contribution is 0.476. The number of sulfone groups is 1. The van der Waals surface area contributed by atoms with Crippen molar-refractivity contribution in [2.45, 2.75) is 4.90 Å². The van der Waals surface area contributed by atoms with E-state index in [1.54, 1.807) is 0 Å². The van der Waals surface area contributed by atoms with Crippen molar-refractivity contribution in [2.75, 3.05) is 12.0 Å². The van der Waals surface area contributed by atoms with Gasteiger partial charge < -0.3 is 10.8 Å². The Labute approximate surface area is 70.6 Å². The van der Waals surface area contributed by atoms with E-state index in [1.165, 1.54) is 18.2 Å². The molecule has 1 rings (SSSR count). The third-order valence-electron chi connectivity index (χ3n) is 1.44. The molecule has 0 aromatic heterocycles. The van der Waals surface area contributed by atoms with Gasteiger partial charge in [0.2, 0.25) is 0 Å². The summed E-state index contributed by atoms with van der Waals surface area (Å²) in [5, 5.41) is 9.07. The van der Waals surface area contributed by atoms with E-state index in [0.717, 1.165) is 6.26 Å². The first-order valence-electron chi connectivity index (χ1n) is 3.20. The second kappa shape index (κ2) is 2.67. The zero-order chi connectivity index (χ0) is 9.35. The monoisotopic (exact) mass is 187 g/mol. The summed E-state index contributed by atoms with van der Waals surface area (Å²) in [6.45, 7) is 0. The predicted molar refractivity (Wildman–Crippen MR) is 45.6 cm³/mol. The summed E-state index contributed by atoms with van der Waals surface area (Å²) < 4.78 is 22.0. The summed E-state index contributed by atoms with van der Waals surface area (Å²) in [6.07, 6.45) is 1.04. The molecule has 1 aromatic carbocycles. The van der Waals surface area contributed by atoms with E-state index in [0.29, 0.717) is 0 Å². The van der Waals surface area contributed by atoms with E-state index in [4.69, 9.17) is 10.8 Å². The van der Waals surface area contributed by atoms with Crippen LogP contribution < -0.4 is 5.73 Å². The fourth-order valence-corrected chi connectivity index (χ4v) is 1.69. The van der Waals surface area contributed by atoms with E-state index < -0.39 is 9.84 Å². The molecule has 0 amide bonds. The maximum absolute atomic E-state index is 11.0. The fraction of sp³-hybridized carbons (Fsp3) is 0.143. The highest BCUT2D eigenvalue weighted by Gasteiger charge is 2.12. The molecule has 1 aromatic rings. The molecule has 5 heteroatoms. The average Bonchev–Trinajstić information content (AvgIpc) is 1.92. The minimum atomic E-state index is -3.34. The molecule has 0 saturated carbocycles. The van der Waals surface area contributed by atoms with E-state index >= 15 is 0 Å². The number of aromatic hydroxyl groups is 1. The van der Waals surface area contributed by atoms with Gasteiger partial charge in [-0.3, -0.25) is 0 Å². The lowest BCUT2D eigenvalue weighted by atomic mass is 10.3. The van der Waals surface area contributed by atoms with Gasteiger partial charge in [0.25, 0.3) is 0 Å². The minimum Gasteiger partial charge on any atom is -0.506 e. The van der Waals surface area contributed by atoms with Gasteiger partial charge >= 0.3 is 0 Å². The fourth-order valence-electron chi connectivity index (χ4n) is 0.856. The van der Waals surface area contributed by atoms with Gasteiger partial charge in [0.15, 0.2) is 9.84 Å². The van der Waals surface area contributed by atoms with Gasteiger partial charge in [0.05, 0.1) is 10.6 Å². The van der Waals surface area contributed by atoms with Crippen molar-refractivity contribution >= 4 is 15.5 Å². The quantitative estimate of drug-likeness (QED) is 0.492. The first-order chi connectivity index (χ1) is 5.43. The maximum atomic E-state index is 11.0. The van der Waals surface area contributed by atoms with Crippen molar-refractivity contribution in [3.05, 3.63) is 18.2 Å². The maximum Gasteiger partial charge on any atom is 0.177 e. The molecule has 66 valence electrons. The number of phenols is 1. The van der Waals surface area contributed by atoms with Crippen molar-refractivity contribution in [2.24, 2.45) is 0 Å². The Bertz CT molecular complexity index is 397. The highest BCUT2D eigenvalue weighted by molar-refractivity contribution is 7.90. The topological polar surface area (TPSA) is 80.4 Å². The Hall–Kier alpha value is -1.23. The summed E-state index contributed by atoms with van der Waals surface area (Å²) in [5.74, 6) is -0.210. The minimum absolute atomic E-state index is 0.0394. The van der Waals surface area contributed by atoms with Gasteiger partial charge in [-0.25, -0.2) is 8.42 Å². The van der Waals surface area contributed by atoms with Crippen molar-refractivity contribution in [1.29, 1.82) is 0 Å². The Kier molecular flexibility index (Phi) is 1.97. The Morgan fingerprint density at radius 2 is 2.00 bits per heavy atom. The van der Waals surface area contributed by atoms with E-state index in [-0.39, 0.29) is 16.3 Å². The van der Waals surface area contributed by atoms with Gasteiger partial charge in [0, 0.05) is 6.26 Å². The zero-order valence-electron chi connectivity index (χ0n) is 6.48. The lowest BCUT2D eigenvalue weighted by Gasteiger charge is -2.03. The number of phenolic OH excluding ortho intramolecular Hbond substituents is 1. The van der Waals surface area contributed by atoms with E-state index in [9.17, 15) is 8.42 Å². The number of hydrogen-bond donors (Lipinski definition) is 2. The molecule has 0 atom stereocenters. The normalized spacial score (nSPS) is 11.4. The van der Waals surface area contributed by atoms with Crippen LogP contribution in [0.5, 0.6) is 5.75 Å². The van der Waals surface area contributed by atoms with Gasteiger partial charge in [-0.1, -0.05) is 6.07 Å². The molecule has 0 heterocycles. The molecule has 4 nitrogen and oxygen atoms in total. The van der Waals surface area contributed by atoms with E-state index in [1.807, 2.05) is 0 Å². The van der Waals surface area contributed by atoms with Crippen LogP contribution in [-0.4, -0.2) is 19.8 Å². The van der Waals surface area contributed by atoms with Gasteiger partial charge in [-0.15, -0.1) is 0 Å². The molecule has 3 N–H and O–H groups in total. The summed E-state index contributed by atoms with van der Waals surface area (Å²) in [5.41, 5.74) is 5.24. The summed E-state index contributed by atoms with van der Waals surface area (Å²) in [7, 11) is -3.34. The molecule has 0 radical (unpaired) electrons. The summed E-state index contributed by atoms with van der Waals surface area (Å²) >= 11 is 0. The predicted octanol–water partition coefficient (Wildman–Crippen LogP) is 0.378. The van der Waals surface area contributed by atoms with Gasteiger partial charge in [-0.2, -0.15) is 0 Å². The standard InChI is InChI=1S/C7H9NO3S/c1-12(10,11)6-4-2-3-5(9)7(6)8/h2-4,9H,8H2,1H3. The number of benzene rings is 1. The van der Waals surface area contributed by atoms with Crippen molar-refractivity contribution in [3.8, 4) is 5.75 Å². The Morgan fingerprint density at radius 1 is 1.42 bits per heavy atom. The molecule has 0 saturated heterocycles. The number of nitrogens with two attached hydrogens (primary N) is 1. The van der Waals surface area contributed by atoms with Crippen LogP contribution >= 0.6 is 0 Å². The number of rotatable bonds is 1. The Morgan fingerprint density at radius 3 is 2.42 bits per heavy atom. The molecular formula is C7H9NO3S. The van der Waals surface area contributed by atoms with Crippen LogP contribution in [0.1, 0.15) is 0 Å². The van der Waals surface area contributed by atoms with Crippen molar-refractivity contribution < 1.29 is 13.5 Å². The first-order valence-corrected chi connectivity index (χ1v) is 5.09. The third kappa shape index (κ3) is 1.50. The molecule has 0 aliphatic carbocycles. The number of para-hydroxylation sites is 1. The smallest absolute Gasteiger partial charge is 0.177 e. The van der Waals surface area contributed by atoms with Crippen LogP contribution in [0.2, 0.25) is 0 Å². The van der Waals surface area contributed by atoms with Crippen molar-refractivity contribution in [1.82, 2.24) is 0 Å². The van der Waals surface area contributed by atoms with E-state index in [2.05, 4.69) is 0 Å². The van der Waals surface area contributed by atoms with Gasteiger partial charge in [-0.05, 0) is 12.1 Å². The molecular weight excluding hydrogens is 178 g/mol. The first kappa shape index (κ1) is 8.86. The molecule has 0 unspecified atom stereocenters. The highest BCUT2D eigenvalue weighted by Crippen LogP contribution is 2.26. The SMILES string of the molecule is CS(=O)(=O)c1cccc(O)c1N. The summed E-state index contributed by atoms with van der Waals surface area (Å²) in [4.78, 5) is -0.0394. The van der Waals surface area contributed by atoms with Crippen molar-refractivity contribution in [3.63, 3.8) is 0 Å². The van der Waals surface area contributed by atoms with Crippen LogP contribution in [0, 0.1) is 0 Å².